The summed E-state index contributed by atoms with van der Waals surface area (Å²) >= 11 is 0. The van der Waals surface area contributed by atoms with Crippen LogP contribution in [0.25, 0.3) is 0 Å². The first-order valence-electron chi connectivity index (χ1n) is 0.632. The minimum Gasteiger partial charge on any atom is -0.661 e. The SMILES string of the molecule is [Na+].[O-][PH+]([O-])O. The minimum atomic E-state index is -3.38. The van der Waals surface area contributed by atoms with Gasteiger partial charge >= 0.3 is 29.6 Å². The summed E-state index contributed by atoms with van der Waals surface area (Å²) < 4.78 is 0. The fourth-order valence-electron chi connectivity index (χ4n) is 0. The van der Waals surface area contributed by atoms with Crippen molar-refractivity contribution in [1.29, 1.82) is 0 Å². The predicted molar refractivity (Wildman–Crippen MR) is 10.5 cm³/mol. The van der Waals surface area contributed by atoms with Crippen molar-refractivity contribution in [1.82, 2.24) is 0 Å². The Hall–Kier alpha value is 1.31. The zero-order valence-corrected chi connectivity index (χ0v) is 5.76. The first kappa shape index (κ1) is 9.58. The zero-order chi connectivity index (χ0) is 3.58. The first-order valence-corrected chi connectivity index (χ1v) is 1.90. The van der Waals surface area contributed by atoms with Gasteiger partial charge in [-0.05, 0) is 0 Å². The number of hydrogen-bond donors (Lipinski definition) is 1. The molecule has 0 heterocycles. The Morgan fingerprint density at radius 1 is 1.40 bits per heavy atom. The molecule has 5 heavy (non-hydrogen) atoms. The third-order valence-corrected chi connectivity index (χ3v) is 0. The van der Waals surface area contributed by atoms with Crippen LogP contribution in [-0.2, 0) is 0 Å². The van der Waals surface area contributed by atoms with Crippen molar-refractivity contribution in [3.63, 3.8) is 0 Å². The Kier molecular flexibility index (Phi) is 10.2. The molecule has 0 unspecified atom stereocenters. The van der Waals surface area contributed by atoms with Gasteiger partial charge in [-0.1, -0.05) is 0 Å². The zero-order valence-electron chi connectivity index (χ0n) is 2.76. The topological polar surface area (TPSA) is 66.3 Å². The molecule has 0 rings (SSSR count). The van der Waals surface area contributed by atoms with Gasteiger partial charge < -0.3 is 9.79 Å². The van der Waals surface area contributed by atoms with Crippen molar-refractivity contribution in [2.45, 2.75) is 0 Å². The summed E-state index contributed by atoms with van der Waals surface area (Å²) in [5.41, 5.74) is 0. The molecule has 26 valence electrons. The molecule has 0 saturated heterocycles. The van der Waals surface area contributed by atoms with Gasteiger partial charge in [-0.25, -0.2) is 0 Å². The molecule has 0 atom stereocenters. The van der Waals surface area contributed by atoms with E-state index < -0.39 is 8.60 Å². The van der Waals surface area contributed by atoms with E-state index in [0.29, 0.717) is 0 Å². The van der Waals surface area contributed by atoms with Crippen LogP contribution in [0.15, 0.2) is 0 Å². The van der Waals surface area contributed by atoms with Gasteiger partial charge in [0.25, 0.3) is 0 Å². The quantitative estimate of drug-likeness (QED) is 0.246. The molecular weight excluding hydrogens is 102 g/mol. The van der Waals surface area contributed by atoms with Crippen LogP contribution < -0.4 is 39.3 Å². The summed E-state index contributed by atoms with van der Waals surface area (Å²) in [6.45, 7) is 0. The maximum atomic E-state index is 8.63. The van der Waals surface area contributed by atoms with Gasteiger partial charge in [-0.2, -0.15) is 0 Å². The molecule has 0 aliphatic heterocycles. The van der Waals surface area contributed by atoms with Gasteiger partial charge in [0.15, 0.2) is 0 Å². The van der Waals surface area contributed by atoms with Gasteiger partial charge in [0.2, 0.25) is 0 Å². The molecule has 0 saturated carbocycles. The molecule has 3 nitrogen and oxygen atoms in total. The van der Waals surface area contributed by atoms with E-state index in [-0.39, 0.29) is 29.6 Å². The van der Waals surface area contributed by atoms with Crippen LogP contribution >= 0.6 is 8.60 Å². The Morgan fingerprint density at radius 2 is 1.40 bits per heavy atom. The molecule has 0 spiro atoms. The van der Waals surface area contributed by atoms with Crippen molar-refractivity contribution >= 4 is 8.60 Å². The van der Waals surface area contributed by atoms with Crippen LogP contribution in [0.3, 0.4) is 0 Å². The normalized spacial score (nSPS) is 7.20. The average Bonchev–Trinajstić information content (AvgIpc) is 0.811. The van der Waals surface area contributed by atoms with Crippen LogP contribution in [0.2, 0.25) is 0 Å². The minimum absolute atomic E-state index is 0. The molecule has 5 heteroatoms. The average molecular weight is 104 g/mol. The summed E-state index contributed by atoms with van der Waals surface area (Å²) in [4.78, 5) is 24.3. The van der Waals surface area contributed by atoms with Crippen LogP contribution in [0.5, 0.6) is 0 Å². The summed E-state index contributed by atoms with van der Waals surface area (Å²) in [5.74, 6) is 0. The summed E-state index contributed by atoms with van der Waals surface area (Å²) in [7, 11) is -3.38. The second-order valence-corrected chi connectivity index (χ2v) is 0.798. The van der Waals surface area contributed by atoms with E-state index in [1.165, 1.54) is 0 Å². The van der Waals surface area contributed by atoms with Crippen molar-refractivity contribution in [3.05, 3.63) is 0 Å². The molecule has 0 amide bonds. The van der Waals surface area contributed by atoms with Crippen molar-refractivity contribution < 1.29 is 44.2 Å². The largest absolute Gasteiger partial charge is 1.00 e. The third-order valence-electron chi connectivity index (χ3n) is 0. The van der Waals surface area contributed by atoms with Crippen molar-refractivity contribution in [3.8, 4) is 0 Å². The molecule has 0 fully saturated rings. The van der Waals surface area contributed by atoms with E-state index in [1.807, 2.05) is 0 Å². The van der Waals surface area contributed by atoms with E-state index in [9.17, 15) is 0 Å². The van der Waals surface area contributed by atoms with Gasteiger partial charge in [0, 0.05) is 8.60 Å². The Labute approximate surface area is 52.9 Å². The Balaban J connectivity index is 0. The molecule has 0 aromatic rings. The van der Waals surface area contributed by atoms with Crippen molar-refractivity contribution in [2.75, 3.05) is 0 Å². The van der Waals surface area contributed by atoms with E-state index in [0.717, 1.165) is 0 Å². The Morgan fingerprint density at radius 3 is 1.40 bits per heavy atom. The molecular formula is H2NaO3P. The monoisotopic (exact) mass is 104 g/mol. The van der Waals surface area contributed by atoms with Gasteiger partial charge in [-0.3, -0.25) is 4.89 Å². The second-order valence-electron chi connectivity index (χ2n) is 0.266. The van der Waals surface area contributed by atoms with Gasteiger partial charge in [0.1, 0.15) is 0 Å². The molecule has 0 bridgehead atoms. The van der Waals surface area contributed by atoms with Crippen LogP contribution in [0, 0.1) is 0 Å². The standard InChI is InChI=1S/Na.H2O3P/c;1-4(2)3/h;1,4H/q+1;-1. The maximum Gasteiger partial charge on any atom is 1.00 e. The number of hydrogen-bond acceptors (Lipinski definition) is 3. The van der Waals surface area contributed by atoms with Crippen LogP contribution in [0.4, 0.5) is 0 Å². The molecule has 0 radical (unpaired) electrons. The van der Waals surface area contributed by atoms with Gasteiger partial charge in [0.05, 0.1) is 0 Å². The fourth-order valence-corrected chi connectivity index (χ4v) is 0. The smallest absolute Gasteiger partial charge is 0.661 e. The number of rotatable bonds is 0. The van der Waals surface area contributed by atoms with Crippen molar-refractivity contribution in [2.24, 2.45) is 0 Å². The summed E-state index contributed by atoms with van der Waals surface area (Å²) in [6.07, 6.45) is 0. The van der Waals surface area contributed by atoms with Crippen LogP contribution in [-0.4, -0.2) is 4.89 Å². The molecule has 0 aliphatic rings. The Bertz CT molecular complexity index is 11.6. The molecule has 1 N–H and O–H groups in total. The first-order chi connectivity index (χ1) is 1.73. The predicted octanol–water partition coefficient (Wildman–Crippen LogP) is -5.34. The van der Waals surface area contributed by atoms with E-state index in [1.54, 1.807) is 0 Å². The second kappa shape index (κ2) is 5.31. The molecule has 0 aliphatic carbocycles. The van der Waals surface area contributed by atoms with E-state index >= 15 is 0 Å². The molecule has 0 aromatic carbocycles. The molecule has 0 aromatic heterocycles. The summed E-state index contributed by atoms with van der Waals surface area (Å²) in [6, 6.07) is 0. The maximum absolute atomic E-state index is 8.63. The van der Waals surface area contributed by atoms with Gasteiger partial charge in [-0.15, -0.1) is 0 Å². The fraction of sp³-hybridized carbons (Fsp3) is 0. The van der Waals surface area contributed by atoms with E-state index in [4.69, 9.17) is 14.7 Å². The summed E-state index contributed by atoms with van der Waals surface area (Å²) in [5, 5.41) is 0. The van der Waals surface area contributed by atoms with E-state index in [2.05, 4.69) is 0 Å². The third kappa shape index (κ3) is 33.9. The van der Waals surface area contributed by atoms with Crippen LogP contribution in [0.1, 0.15) is 0 Å².